The van der Waals surface area contributed by atoms with Crippen LogP contribution in [0.5, 0.6) is 0 Å². The molecule has 1 N–H and O–H groups in total. The van der Waals surface area contributed by atoms with Crippen molar-refractivity contribution in [1.29, 1.82) is 0 Å². The van der Waals surface area contributed by atoms with E-state index in [-0.39, 0.29) is 0 Å². The highest BCUT2D eigenvalue weighted by Crippen LogP contribution is 2.18. The number of hydrogen-bond donors (Lipinski definition) is 1. The minimum absolute atomic E-state index is 0.628. The van der Waals surface area contributed by atoms with Crippen LogP contribution in [0.25, 0.3) is 0 Å². The van der Waals surface area contributed by atoms with Gasteiger partial charge >= 0.3 is 0 Å². The first kappa shape index (κ1) is 15.4. The summed E-state index contributed by atoms with van der Waals surface area (Å²) in [5.41, 5.74) is 0. The van der Waals surface area contributed by atoms with Gasteiger partial charge in [0.05, 0.1) is 24.7 Å². The first-order chi connectivity index (χ1) is 8.86. The molecule has 0 spiro atoms. The van der Waals surface area contributed by atoms with Crippen LogP contribution in [0.1, 0.15) is 38.0 Å². The fraction of sp³-hybridized carbons (Fsp3) is 0.769. The van der Waals surface area contributed by atoms with Crippen molar-refractivity contribution >= 4 is 16.5 Å². The van der Waals surface area contributed by atoms with E-state index < -0.39 is 0 Å². The molecule has 0 aliphatic carbocycles. The Hall–Kier alpha value is -0.650. The van der Waals surface area contributed by atoms with Crippen LogP contribution in [-0.4, -0.2) is 31.3 Å². The van der Waals surface area contributed by atoms with Crippen molar-refractivity contribution < 1.29 is 9.47 Å². The number of ether oxygens (including phenoxy) is 2. The van der Waals surface area contributed by atoms with E-state index in [9.17, 15) is 0 Å². The molecule has 0 amide bonds. The monoisotopic (exact) mass is 272 g/mol. The predicted octanol–water partition coefficient (Wildman–Crippen LogP) is 3.30. The highest BCUT2D eigenvalue weighted by molar-refractivity contribution is 7.15. The van der Waals surface area contributed by atoms with E-state index in [1.54, 1.807) is 11.3 Å². The van der Waals surface area contributed by atoms with Crippen molar-refractivity contribution in [3.05, 3.63) is 11.1 Å². The maximum absolute atomic E-state index is 5.54. The van der Waals surface area contributed by atoms with Gasteiger partial charge in [-0.3, -0.25) is 0 Å². The molecule has 0 aromatic carbocycles. The van der Waals surface area contributed by atoms with Gasteiger partial charge in [-0.2, -0.15) is 0 Å². The van der Waals surface area contributed by atoms with Gasteiger partial charge in [-0.05, 0) is 12.8 Å². The lowest BCUT2D eigenvalue weighted by Crippen LogP contribution is -2.04. The number of unbranched alkanes of at least 4 members (excludes halogenated alkanes) is 1. The molecule has 0 aliphatic rings. The predicted molar refractivity (Wildman–Crippen MR) is 76.3 cm³/mol. The molecule has 1 aromatic rings. The second kappa shape index (κ2) is 10.3. The van der Waals surface area contributed by atoms with Crippen LogP contribution in [0, 0.1) is 0 Å². The zero-order valence-electron chi connectivity index (χ0n) is 11.4. The molecule has 0 saturated heterocycles. The van der Waals surface area contributed by atoms with Gasteiger partial charge in [-0.1, -0.05) is 31.6 Å². The molecule has 0 atom stereocenters. The summed E-state index contributed by atoms with van der Waals surface area (Å²) < 4.78 is 11.0. The van der Waals surface area contributed by atoms with E-state index in [1.807, 2.05) is 6.20 Å². The summed E-state index contributed by atoms with van der Waals surface area (Å²) in [4.78, 5) is 5.44. The average molecular weight is 272 g/mol. The Labute approximate surface area is 114 Å². The van der Waals surface area contributed by atoms with Gasteiger partial charge in [0.1, 0.15) is 0 Å². The molecule has 0 saturated carbocycles. The molecule has 0 bridgehead atoms. The van der Waals surface area contributed by atoms with E-state index in [0.717, 1.165) is 36.0 Å². The number of hydrogen-bond acceptors (Lipinski definition) is 5. The standard InChI is InChI=1S/C13H24N2O2S/c1-3-5-7-16-8-9-17-11-12-10-15-13(18-12)14-6-4-2/h10H,3-9,11H2,1-2H3,(H,14,15). The molecule has 0 fully saturated rings. The molecule has 0 aliphatic heterocycles. The Morgan fingerprint density at radius 1 is 1.17 bits per heavy atom. The van der Waals surface area contributed by atoms with Crippen molar-refractivity contribution in [2.75, 3.05) is 31.7 Å². The quantitative estimate of drug-likeness (QED) is 0.628. The second-order valence-electron chi connectivity index (χ2n) is 4.08. The van der Waals surface area contributed by atoms with Crippen LogP contribution < -0.4 is 5.32 Å². The molecular weight excluding hydrogens is 248 g/mol. The van der Waals surface area contributed by atoms with E-state index in [2.05, 4.69) is 24.1 Å². The molecule has 0 radical (unpaired) electrons. The van der Waals surface area contributed by atoms with E-state index >= 15 is 0 Å². The van der Waals surface area contributed by atoms with Crippen LogP contribution in [0.3, 0.4) is 0 Å². The van der Waals surface area contributed by atoms with Crippen molar-refractivity contribution in [2.45, 2.75) is 39.7 Å². The highest BCUT2D eigenvalue weighted by atomic mass is 32.1. The zero-order chi connectivity index (χ0) is 13.1. The molecule has 104 valence electrons. The third-order valence-electron chi connectivity index (χ3n) is 2.34. The van der Waals surface area contributed by atoms with Gasteiger partial charge in [0.15, 0.2) is 5.13 Å². The molecule has 5 heteroatoms. The first-order valence-electron chi connectivity index (χ1n) is 6.70. The number of thiazole rings is 1. The van der Waals surface area contributed by atoms with Crippen molar-refractivity contribution in [3.63, 3.8) is 0 Å². The topological polar surface area (TPSA) is 43.4 Å². The van der Waals surface area contributed by atoms with Crippen molar-refractivity contribution in [2.24, 2.45) is 0 Å². The van der Waals surface area contributed by atoms with Crippen LogP contribution in [0.2, 0.25) is 0 Å². The number of aromatic nitrogens is 1. The first-order valence-corrected chi connectivity index (χ1v) is 7.52. The van der Waals surface area contributed by atoms with Crippen LogP contribution in [0.4, 0.5) is 5.13 Å². The summed E-state index contributed by atoms with van der Waals surface area (Å²) in [6.07, 6.45) is 5.29. The van der Waals surface area contributed by atoms with Crippen molar-refractivity contribution in [1.82, 2.24) is 4.98 Å². The summed E-state index contributed by atoms with van der Waals surface area (Å²) >= 11 is 1.66. The highest BCUT2D eigenvalue weighted by Gasteiger charge is 2.01. The molecule has 4 nitrogen and oxygen atoms in total. The fourth-order valence-corrected chi connectivity index (χ4v) is 2.10. The van der Waals surface area contributed by atoms with Gasteiger partial charge in [0, 0.05) is 19.3 Å². The third kappa shape index (κ3) is 6.93. The lowest BCUT2D eigenvalue weighted by molar-refractivity contribution is 0.0405. The lowest BCUT2D eigenvalue weighted by Gasteiger charge is -2.03. The van der Waals surface area contributed by atoms with Crippen LogP contribution >= 0.6 is 11.3 Å². The molecule has 1 heterocycles. The van der Waals surface area contributed by atoms with Gasteiger partial charge in [-0.25, -0.2) is 4.98 Å². The van der Waals surface area contributed by atoms with Gasteiger partial charge < -0.3 is 14.8 Å². The Morgan fingerprint density at radius 3 is 2.78 bits per heavy atom. The average Bonchev–Trinajstić information content (AvgIpc) is 2.83. The van der Waals surface area contributed by atoms with E-state index in [0.29, 0.717) is 19.8 Å². The van der Waals surface area contributed by atoms with Crippen LogP contribution in [0.15, 0.2) is 6.20 Å². The van der Waals surface area contributed by atoms with Gasteiger partial charge in [0.25, 0.3) is 0 Å². The lowest BCUT2D eigenvalue weighted by atomic mass is 10.4. The Kier molecular flexibility index (Phi) is 8.81. The SMILES string of the molecule is CCCCOCCOCc1cnc(NCCC)s1. The maximum atomic E-state index is 5.54. The number of nitrogens with one attached hydrogen (secondary N) is 1. The van der Waals surface area contributed by atoms with Gasteiger partial charge in [0.2, 0.25) is 0 Å². The summed E-state index contributed by atoms with van der Waals surface area (Å²) in [5.74, 6) is 0. The molecule has 1 aromatic heterocycles. The normalized spacial score (nSPS) is 10.8. The zero-order valence-corrected chi connectivity index (χ0v) is 12.2. The van der Waals surface area contributed by atoms with E-state index in [4.69, 9.17) is 9.47 Å². The second-order valence-corrected chi connectivity index (χ2v) is 5.19. The molecule has 18 heavy (non-hydrogen) atoms. The number of anilines is 1. The largest absolute Gasteiger partial charge is 0.379 e. The summed E-state index contributed by atoms with van der Waals surface area (Å²) in [5, 5.41) is 4.25. The molecule has 0 unspecified atom stereocenters. The van der Waals surface area contributed by atoms with Crippen molar-refractivity contribution in [3.8, 4) is 0 Å². The van der Waals surface area contributed by atoms with E-state index in [1.165, 1.54) is 6.42 Å². The number of rotatable bonds is 11. The van der Waals surface area contributed by atoms with Crippen LogP contribution in [-0.2, 0) is 16.1 Å². The molecule has 1 rings (SSSR count). The maximum Gasteiger partial charge on any atom is 0.182 e. The third-order valence-corrected chi connectivity index (χ3v) is 3.27. The smallest absolute Gasteiger partial charge is 0.182 e. The summed E-state index contributed by atoms with van der Waals surface area (Å²) in [6.45, 7) is 8.07. The minimum atomic E-state index is 0.628. The Balaban J connectivity index is 2.03. The Morgan fingerprint density at radius 2 is 2.00 bits per heavy atom. The fourth-order valence-electron chi connectivity index (χ4n) is 1.33. The summed E-state index contributed by atoms with van der Waals surface area (Å²) in [6, 6.07) is 0. The van der Waals surface area contributed by atoms with Gasteiger partial charge in [-0.15, -0.1) is 0 Å². The summed E-state index contributed by atoms with van der Waals surface area (Å²) in [7, 11) is 0. The minimum Gasteiger partial charge on any atom is -0.379 e. The molecular formula is C13H24N2O2S. The Bertz CT molecular complexity index is 305. The number of nitrogens with zero attached hydrogens (tertiary/aromatic N) is 1.